The summed E-state index contributed by atoms with van der Waals surface area (Å²) < 4.78 is 11.3. The molecule has 12 aromatic rings. The highest BCUT2D eigenvalue weighted by Crippen LogP contribution is 2.47. The molecular formula is C48H27N3OS. The minimum absolute atomic E-state index is 0.643. The Morgan fingerprint density at radius 2 is 1.08 bits per heavy atom. The molecule has 0 aliphatic rings. The van der Waals surface area contributed by atoms with Crippen LogP contribution in [0, 0.1) is 0 Å². The van der Waals surface area contributed by atoms with E-state index in [2.05, 4.69) is 156 Å². The van der Waals surface area contributed by atoms with Crippen LogP contribution >= 0.6 is 11.3 Å². The SMILES string of the molecule is c1ccc(-c2nc(-n3c4c(-c5cccc6c5oc5ccccc56)cccc4c4c5ccccc5c5ccccc5c43)nc3c2sc2ccccc23)cc1. The molecule has 0 fully saturated rings. The molecule has 12 rings (SSSR count). The number of thiophene rings is 1. The van der Waals surface area contributed by atoms with E-state index in [-0.39, 0.29) is 0 Å². The van der Waals surface area contributed by atoms with E-state index in [1.165, 1.54) is 26.2 Å². The average molecular weight is 694 g/mol. The van der Waals surface area contributed by atoms with Crippen LogP contribution in [0.5, 0.6) is 0 Å². The number of nitrogens with zero attached hydrogens (tertiary/aromatic N) is 3. The predicted octanol–water partition coefficient (Wildman–Crippen LogP) is 13.5. The molecule has 0 amide bonds. The van der Waals surface area contributed by atoms with Crippen molar-refractivity contribution in [3.05, 3.63) is 164 Å². The van der Waals surface area contributed by atoms with Gasteiger partial charge in [-0.25, -0.2) is 9.97 Å². The van der Waals surface area contributed by atoms with E-state index in [0.717, 1.165) is 81.7 Å². The van der Waals surface area contributed by atoms with E-state index in [1.807, 2.05) is 12.1 Å². The number of rotatable bonds is 3. The fourth-order valence-corrected chi connectivity index (χ4v) is 9.73. The Morgan fingerprint density at radius 1 is 0.453 bits per heavy atom. The van der Waals surface area contributed by atoms with Crippen molar-refractivity contribution in [2.45, 2.75) is 0 Å². The third-order valence-corrected chi connectivity index (χ3v) is 12.0. The molecule has 0 bridgehead atoms. The molecule has 4 heterocycles. The summed E-state index contributed by atoms with van der Waals surface area (Å²) in [6.45, 7) is 0. The normalized spacial score (nSPS) is 12.2. The lowest BCUT2D eigenvalue weighted by atomic mass is 9.95. The first-order chi connectivity index (χ1) is 26.3. The van der Waals surface area contributed by atoms with Gasteiger partial charge < -0.3 is 4.42 Å². The van der Waals surface area contributed by atoms with E-state index >= 15 is 0 Å². The molecule has 4 nitrogen and oxygen atoms in total. The molecule has 0 aliphatic heterocycles. The Hall–Kier alpha value is -6.82. The van der Waals surface area contributed by atoms with Gasteiger partial charge in [0.05, 0.1) is 26.9 Å². The highest BCUT2D eigenvalue weighted by Gasteiger charge is 2.25. The van der Waals surface area contributed by atoms with E-state index < -0.39 is 0 Å². The van der Waals surface area contributed by atoms with E-state index in [1.54, 1.807) is 11.3 Å². The Balaban J connectivity index is 1.33. The summed E-state index contributed by atoms with van der Waals surface area (Å²) in [5.74, 6) is 0.643. The Kier molecular flexibility index (Phi) is 5.90. The quantitative estimate of drug-likeness (QED) is 0.173. The summed E-state index contributed by atoms with van der Waals surface area (Å²) in [6.07, 6.45) is 0. The van der Waals surface area contributed by atoms with Crippen LogP contribution in [0.3, 0.4) is 0 Å². The van der Waals surface area contributed by atoms with Crippen molar-refractivity contribution < 1.29 is 4.42 Å². The summed E-state index contributed by atoms with van der Waals surface area (Å²) >= 11 is 1.76. The number of hydrogen-bond acceptors (Lipinski definition) is 4. The first kappa shape index (κ1) is 28.8. The van der Waals surface area contributed by atoms with Crippen molar-refractivity contribution in [2.75, 3.05) is 0 Å². The number of hydrogen-bond donors (Lipinski definition) is 0. The van der Waals surface area contributed by atoms with Crippen molar-refractivity contribution in [1.82, 2.24) is 14.5 Å². The fraction of sp³-hybridized carbons (Fsp3) is 0. The molecule has 0 N–H and O–H groups in total. The van der Waals surface area contributed by atoms with Crippen molar-refractivity contribution in [2.24, 2.45) is 0 Å². The maximum Gasteiger partial charge on any atom is 0.235 e. The molecule has 0 saturated heterocycles. The van der Waals surface area contributed by atoms with Crippen LogP contribution in [0.25, 0.3) is 114 Å². The van der Waals surface area contributed by atoms with E-state index in [9.17, 15) is 0 Å². The topological polar surface area (TPSA) is 43.9 Å². The lowest BCUT2D eigenvalue weighted by Gasteiger charge is -2.14. The standard InChI is InChI=1S/C48H27N3OS/c1-2-14-28(15-3-1)42-47-43(37-21-9-11-27-40(37)53-47)50-48(49-42)51-44-34(36-24-13-23-35-31-18-8-10-26-39(31)52-46(35)36)22-12-25-38(44)41-32-19-6-4-16-29(32)30-17-5-7-20-33(30)45(41)51/h1-27H. The summed E-state index contributed by atoms with van der Waals surface area (Å²) in [5.41, 5.74) is 8.96. The summed E-state index contributed by atoms with van der Waals surface area (Å²) in [7, 11) is 0. The van der Waals surface area contributed by atoms with Gasteiger partial charge in [0.25, 0.3) is 0 Å². The van der Waals surface area contributed by atoms with Gasteiger partial charge in [-0.2, -0.15) is 0 Å². The minimum Gasteiger partial charge on any atom is -0.455 e. The third-order valence-electron chi connectivity index (χ3n) is 10.8. The summed E-state index contributed by atoms with van der Waals surface area (Å²) in [6, 6.07) is 58.1. The van der Waals surface area contributed by atoms with Gasteiger partial charge in [-0.05, 0) is 28.3 Å². The lowest BCUT2D eigenvalue weighted by Crippen LogP contribution is -2.04. The summed E-state index contributed by atoms with van der Waals surface area (Å²) in [5, 5.41) is 10.5. The second-order valence-electron chi connectivity index (χ2n) is 13.6. The zero-order valence-electron chi connectivity index (χ0n) is 28.2. The van der Waals surface area contributed by atoms with Crippen LogP contribution in [-0.4, -0.2) is 14.5 Å². The molecule has 246 valence electrons. The van der Waals surface area contributed by atoms with Gasteiger partial charge in [-0.15, -0.1) is 11.3 Å². The second-order valence-corrected chi connectivity index (χ2v) is 14.7. The van der Waals surface area contributed by atoms with Crippen molar-refractivity contribution in [3.63, 3.8) is 0 Å². The van der Waals surface area contributed by atoms with Gasteiger partial charge in [0.15, 0.2) is 0 Å². The molecule has 0 atom stereocenters. The first-order valence-electron chi connectivity index (χ1n) is 17.8. The largest absolute Gasteiger partial charge is 0.455 e. The highest BCUT2D eigenvalue weighted by atomic mass is 32.1. The zero-order valence-corrected chi connectivity index (χ0v) is 29.1. The van der Waals surface area contributed by atoms with Gasteiger partial charge in [-0.3, -0.25) is 4.57 Å². The van der Waals surface area contributed by atoms with Crippen LogP contribution < -0.4 is 0 Å². The fourth-order valence-electron chi connectivity index (χ4n) is 8.57. The van der Waals surface area contributed by atoms with Gasteiger partial charge in [-0.1, -0.05) is 152 Å². The van der Waals surface area contributed by atoms with Crippen LogP contribution in [0.2, 0.25) is 0 Å². The number of fused-ring (bicyclic) bond motifs is 14. The first-order valence-corrected chi connectivity index (χ1v) is 18.7. The maximum absolute atomic E-state index is 6.68. The van der Waals surface area contributed by atoms with Gasteiger partial charge in [0.2, 0.25) is 5.95 Å². The Labute approximate surface area is 306 Å². The van der Waals surface area contributed by atoms with E-state index in [4.69, 9.17) is 14.4 Å². The molecular weight excluding hydrogens is 667 g/mol. The zero-order chi connectivity index (χ0) is 34.6. The molecule has 0 aliphatic carbocycles. The smallest absolute Gasteiger partial charge is 0.235 e. The Morgan fingerprint density at radius 3 is 1.91 bits per heavy atom. The summed E-state index contributed by atoms with van der Waals surface area (Å²) in [4.78, 5) is 11.1. The van der Waals surface area contributed by atoms with Gasteiger partial charge in [0.1, 0.15) is 11.2 Å². The van der Waals surface area contributed by atoms with Crippen LogP contribution in [0.4, 0.5) is 0 Å². The van der Waals surface area contributed by atoms with Crippen LogP contribution in [0.15, 0.2) is 168 Å². The van der Waals surface area contributed by atoms with Crippen molar-refractivity contribution >= 4 is 96.9 Å². The number of benzene rings is 8. The lowest BCUT2D eigenvalue weighted by molar-refractivity contribution is 0.670. The Bertz CT molecular complexity index is 3460. The second kappa shape index (κ2) is 10.8. The van der Waals surface area contributed by atoms with Gasteiger partial charge in [0, 0.05) is 53.7 Å². The molecule has 0 radical (unpaired) electrons. The molecule has 0 saturated carbocycles. The molecule has 5 heteroatoms. The monoisotopic (exact) mass is 693 g/mol. The number of para-hydroxylation sites is 3. The molecule has 8 aromatic carbocycles. The minimum atomic E-state index is 0.643. The third kappa shape index (κ3) is 4.00. The van der Waals surface area contributed by atoms with Crippen LogP contribution in [0.1, 0.15) is 0 Å². The average Bonchev–Trinajstić information content (AvgIpc) is 3.91. The van der Waals surface area contributed by atoms with E-state index in [0.29, 0.717) is 5.95 Å². The molecule has 53 heavy (non-hydrogen) atoms. The number of furan rings is 1. The van der Waals surface area contributed by atoms with Crippen LogP contribution in [-0.2, 0) is 0 Å². The van der Waals surface area contributed by atoms with Gasteiger partial charge >= 0.3 is 0 Å². The maximum atomic E-state index is 6.68. The highest BCUT2D eigenvalue weighted by molar-refractivity contribution is 7.26. The molecule has 0 spiro atoms. The van der Waals surface area contributed by atoms with Crippen molar-refractivity contribution in [1.29, 1.82) is 0 Å². The number of aromatic nitrogens is 3. The molecule has 4 aromatic heterocycles. The predicted molar refractivity (Wildman–Crippen MR) is 222 cm³/mol. The molecule has 0 unspecified atom stereocenters. The van der Waals surface area contributed by atoms with Crippen molar-refractivity contribution in [3.8, 4) is 28.3 Å².